The van der Waals surface area contributed by atoms with E-state index < -0.39 is 50.7 Å². The summed E-state index contributed by atoms with van der Waals surface area (Å²) in [6.07, 6.45) is 15.2. The molecule has 39 heteroatoms. The van der Waals surface area contributed by atoms with Crippen LogP contribution in [0, 0.1) is 19.8 Å². The number of para-hydroxylation sites is 3. The molecule has 0 unspecified atom stereocenters. The Hall–Kier alpha value is -10.9. The van der Waals surface area contributed by atoms with Crippen molar-refractivity contribution in [1.29, 1.82) is 0 Å². The van der Waals surface area contributed by atoms with Crippen LogP contribution < -0.4 is 51.4 Å². The van der Waals surface area contributed by atoms with E-state index in [2.05, 4.69) is 91.1 Å². The Morgan fingerprint density at radius 1 is 0.474 bits per heavy atom. The number of nitrogens with one attached hydrogen (secondary N) is 7. The Bertz CT molecular complexity index is 5970. The Morgan fingerprint density at radius 3 is 1.23 bits per heavy atom. The topological polar surface area (TPSA) is 376 Å². The predicted octanol–water partition coefficient (Wildman–Crippen LogP) is 19.1. The highest BCUT2D eigenvalue weighted by Crippen LogP contribution is 2.45. The number of fused-ring (bicyclic) bond motifs is 1. The van der Waals surface area contributed by atoms with Gasteiger partial charge in [0.1, 0.15) is 32.3 Å². The minimum absolute atomic E-state index is 0.0276. The van der Waals surface area contributed by atoms with Crippen molar-refractivity contribution in [3.63, 3.8) is 0 Å². The SMILES string of the molecule is CC(C)Oc1cc2c(cc1Nc1ncc(Cl)c(Nc3ccccc3S(=O)(=O)C(C)C)n1)C(=O)N(C1CCN(C(=O)CN(C)C)CC1)C2.Cc1cc(Nc2ncc(Cl)c(Nc3ccccc3S(=O)(=O)C(C)C)n2)c(OC(C)C)cc1C1CCN(C(=O)C2CCCC2)CC1.Cc1cc(Nc2ncc(Cl)c(Nc3ccccc3S(=O)(=O)C(F)F)n2)c(OC(C)C)cc1C1CCN(C(=O)[C@@H]2CCCN2)CC1. The predicted molar refractivity (Wildman–Crippen MR) is 532 cm³/mol. The molecule has 8 heterocycles. The van der Waals surface area contributed by atoms with Gasteiger partial charge in [0.15, 0.2) is 37.1 Å². The zero-order valence-electron chi connectivity index (χ0n) is 79.7. The number of nitrogens with zero attached hydrogens (tertiary/aromatic N) is 11. The summed E-state index contributed by atoms with van der Waals surface area (Å²) in [6.45, 7) is 28.3. The number of rotatable bonds is 31. The molecule has 6 aliphatic rings. The van der Waals surface area contributed by atoms with E-state index in [9.17, 15) is 53.2 Å². The molecule has 7 N–H and O–H groups in total. The fraction of sp³-hybridized carbons (Fsp3) is 0.469. The summed E-state index contributed by atoms with van der Waals surface area (Å²) < 4.78 is 122. The first-order valence-corrected chi connectivity index (χ1v) is 52.4. The third kappa shape index (κ3) is 25.4. The monoisotopic (exact) mass is 2000 g/mol. The highest BCUT2D eigenvalue weighted by Gasteiger charge is 2.40. The van der Waals surface area contributed by atoms with Gasteiger partial charge < -0.3 is 75.9 Å². The summed E-state index contributed by atoms with van der Waals surface area (Å²) in [7, 11) is -8.26. The second-order valence-electron chi connectivity index (χ2n) is 36.9. The summed E-state index contributed by atoms with van der Waals surface area (Å²) in [5, 5.41) is 21.2. The first kappa shape index (κ1) is 104. The van der Waals surface area contributed by atoms with E-state index in [0.717, 1.165) is 118 Å². The molecule has 4 amide bonds. The van der Waals surface area contributed by atoms with Gasteiger partial charge in [-0.2, -0.15) is 23.7 Å². The molecule has 6 aromatic carbocycles. The maximum absolute atomic E-state index is 13.7. The zero-order chi connectivity index (χ0) is 98.6. The average Bonchev–Trinajstić information content (AvgIpc) is 1.63. The van der Waals surface area contributed by atoms with Crippen molar-refractivity contribution >= 4 is 157 Å². The third-order valence-corrected chi connectivity index (χ3v) is 31.6. The fourth-order valence-corrected chi connectivity index (χ4v) is 21.5. The van der Waals surface area contributed by atoms with Crippen molar-refractivity contribution in [2.45, 2.75) is 240 Å². The van der Waals surface area contributed by atoms with E-state index in [1.165, 1.54) is 55.2 Å². The van der Waals surface area contributed by atoms with Crippen LogP contribution in [0.3, 0.4) is 0 Å². The van der Waals surface area contributed by atoms with Gasteiger partial charge in [0.2, 0.25) is 45.4 Å². The first-order valence-electron chi connectivity index (χ1n) is 46.6. The Balaban J connectivity index is 0.000000174. The molecule has 137 heavy (non-hydrogen) atoms. The normalized spacial score (nSPS) is 16.5. The lowest BCUT2D eigenvalue weighted by atomic mass is 9.86. The van der Waals surface area contributed by atoms with Gasteiger partial charge in [-0.3, -0.25) is 19.2 Å². The molecule has 9 aromatic rings. The van der Waals surface area contributed by atoms with Gasteiger partial charge in [0, 0.05) is 63.3 Å². The number of alkyl halides is 2. The Kier molecular flexibility index (Phi) is 34.3. The number of halogens is 5. The number of carbonyl (C=O) groups excluding carboxylic acids is 4. The third-order valence-electron chi connectivity index (χ3n) is 24.9. The van der Waals surface area contributed by atoms with Crippen molar-refractivity contribution in [1.82, 2.24) is 59.7 Å². The zero-order valence-corrected chi connectivity index (χ0v) is 84.4. The van der Waals surface area contributed by atoms with Gasteiger partial charge in [-0.05, 0) is 280 Å². The van der Waals surface area contributed by atoms with Crippen LogP contribution in [0.4, 0.5) is 78.2 Å². The number of benzene rings is 6. The van der Waals surface area contributed by atoms with Crippen LogP contribution in [0.1, 0.15) is 196 Å². The van der Waals surface area contributed by atoms with Crippen LogP contribution in [0.2, 0.25) is 15.1 Å². The van der Waals surface area contributed by atoms with E-state index in [1.807, 2.05) is 100 Å². The van der Waals surface area contributed by atoms with E-state index in [0.29, 0.717) is 96.7 Å². The summed E-state index contributed by atoms with van der Waals surface area (Å²) in [6, 6.07) is 30.4. The number of aryl methyl sites for hydroxylation is 2. The van der Waals surface area contributed by atoms with E-state index in [-0.39, 0.29) is 126 Å². The van der Waals surface area contributed by atoms with Crippen LogP contribution in [0.15, 0.2) is 142 Å². The van der Waals surface area contributed by atoms with Gasteiger partial charge >= 0.3 is 5.76 Å². The van der Waals surface area contributed by atoms with Crippen molar-refractivity contribution < 1.29 is 67.4 Å². The maximum Gasteiger partial charge on any atom is 0.341 e. The van der Waals surface area contributed by atoms with E-state index in [1.54, 1.807) is 82.3 Å². The molecule has 1 atom stereocenters. The van der Waals surface area contributed by atoms with Crippen molar-refractivity contribution in [2.75, 3.05) is 98.4 Å². The first-order chi connectivity index (χ1) is 65.1. The van der Waals surface area contributed by atoms with Crippen molar-refractivity contribution in [3.8, 4) is 17.2 Å². The number of anilines is 12. The molecule has 4 saturated heterocycles. The number of aromatic nitrogens is 6. The van der Waals surface area contributed by atoms with Gasteiger partial charge in [-0.25, -0.2) is 40.2 Å². The number of piperidine rings is 3. The Labute approximate surface area is 816 Å². The molecule has 15 rings (SSSR count). The molecule has 1 aliphatic carbocycles. The number of hydrogen-bond donors (Lipinski definition) is 7. The number of ether oxygens (including phenoxy) is 3. The fourth-order valence-electron chi connectivity index (χ4n) is 17.8. The van der Waals surface area contributed by atoms with Crippen LogP contribution in [0.25, 0.3) is 0 Å². The molecule has 0 radical (unpaired) electrons. The number of hydrogen-bond acceptors (Lipinski definition) is 27. The summed E-state index contributed by atoms with van der Waals surface area (Å²) in [4.78, 5) is 88.1. The van der Waals surface area contributed by atoms with Gasteiger partial charge in [0.25, 0.3) is 5.91 Å². The lowest BCUT2D eigenvalue weighted by molar-refractivity contribution is -0.136. The minimum Gasteiger partial charge on any atom is -0.489 e. The number of amides is 4. The van der Waals surface area contributed by atoms with Gasteiger partial charge in [-0.1, -0.05) is 84.0 Å². The highest BCUT2D eigenvalue weighted by molar-refractivity contribution is 7.92. The molecular formula is C98H123Cl3F2N18O13S3. The molecule has 0 spiro atoms. The molecule has 5 aliphatic heterocycles. The van der Waals surface area contributed by atoms with Crippen LogP contribution in [-0.2, 0) is 50.4 Å². The van der Waals surface area contributed by atoms with Crippen LogP contribution in [-0.4, -0.2) is 216 Å². The second kappa shape index (κ2) is 45.4. The highest BCUT2D eigenvalue weighted by atomic mass is 35.5. The van der Waals surface area contributed by atoms with Gasteiger partial charge in [0.05, 0.1) is 109 Å². The molecular weight excluding hydrogens is 1880 g/mol. The maximum atomic E-state index is 13.7. The van der Waals surface area contributed by atoms with Crippen LogP contribution >= 0.6 is 34.8 Å². The van der Waals surface area contributed by atoms with E-state index >= 15 is 0 Å². The summed E-state index contributed by atoms with van der Waals surface area (Å²) >= 11 is 19.2. The van der Waals surface area contributed by atoms with Crippen molar-refractivity contribution in [2.24, 2.45) is 5.92 Å². The molecule has 31 nitrogen and oxygen atoms in total. The van der Waals surface area contributed by atoms with Crippen molar-refractivity contribution in [3.05, 3.63) is 176 Å². The number of likely N-dealkylation sites (N-methyl/N-ethyl adjacent to an activating group) is 1. The quantitative estimate of drug-likeness (QED) is 0.0212. The smallest absolute Gasteiger partial charge is 0.341 e. The lowest BCUT2D eigenvalue weighted by Gasteiger charge is -2.37. The standard InChI is InChI=1S/C34H44ClN5O4S.C33H42ClN7O5S.C31H37ClF2N6O4S/c1-21(2)44-30-19-26(24-14-16-40(17-15-24)33(41)25-10-6-7-11-25)23(5)18-29(30)38-34-36-20-27(35)32(39-34)37-28-12-8-9-13-31(28)45(42,43)22(3)4;1-20(2)46-28-15-22-18-41(23-11-13-40(14-12-23)30(42)19-39(5)6)32(43)24(22)16-27(28)37-33-35-17-25(34)31(38-33)36-26-9-7-8-10-29(26)47(44,45)21(3)4;1-18(2)44-26-16-21(20-10-13-40(14-11-20)29(41)24-8-6-12-35-24)19(3)15-25(26)38-31-36-17-22(32)28(39-31)37-23-7-4-5-9-27(23)45(42,43)30(33)34/h8-9,12-13,18-22,24-25H,6-7,10-11,14-17H2,1-5H3,(H2,36,37,38,39);7-10,15-17,20-21,23H,11-14,18-19H2,1-6H3,(H2,35,36,37,38);4-5,7,9,15-18,20,24,30,35H,6,8,10-14H2,1-3H3,(H2,36,37,38,39)/t;;24-/m..0/s1. The molecule has 5 fully saturated rings. The van der Waals surface area contributed by atoms with Crippen LogP contribution in [0.5, 0.6) is 17.2 Å². The number of sulfone groups is 3. The molecule has 1 saturated carbocycles. The Morgan fingerprint density at radius 2 is 0.854 bits per heavy atom. The summed E-state index contributed by atoms with van der Waals surface area (Å²) in [5.41, 5.74) is 8.43. The number of carbonyl (C=O) groups is 4. The summed E-state index contributed by atoms with van der Waals surface area (Å²) in [5.74, 6) is 0.726. The van der Waals surface area contributed by atoms with Gasteiger partial charge in [-0.15, -0.1) is 0 Å². The molecule has 3 aromatic heterocycles. The second-order valence-corrected chi connectivity index (χ2v) is 45.0. The van der Waals surface area contributed by atoms with E-state index in [4.69, 9.17) is 49.0 Å². The number of likely N-dealkylation sites (tertiary alicyclic amines) is 3. The molecule has 0 bridgehead atoms. The molecule has 736 valence electrons. The average molecular weight is 2000 g/mol. The minimum atomic E-state index is -4.88. The largest absolute Gasteiger partial charge is 0.489 e. The lowest BCUT2D eigenvalue weighted by Crippen LogP contribution is -2.48.